The SMILES string of the molecule is CCS(=O)(=O)c1cccc(C(=O)Nc2ccc3nc(C)sc3c2)c1. The van der Waals surface area contributed by atoms with Crippen molar-refractivity contribution in [2.45, 2.75) is 18.7 Å². The third-order valence-corrected chi connectivity index (χ3v) is 6.25. The Labute approximate surface area is 144 Å². The van der Waals surface area contributed by atoms with E-state index < -0.39 is 9.84 Å². The maximum absolute atomic E-state index is 12.4. The molecule has 0 fully saturated rings. The predicted molar refractivity (Wildman–Crippen MR) is 96.5 cm³/mol. The van der Waals surface area contributed by atoms with Crippen molar-refractivity contribution < 1.29 is 13.2 Å². The molecule has 0 unspecified atom stereocenters. The van der Waals surface area contributed by atoms with Crippen LogP contribution in [-0.2, 0) is 9.84 Å². The van der Waals surface area contributed by atoms with E-state index in [9.17, 15) is 13.2 Å². The van der Waals surface area contributed by atoms with Crippen molar-refractivity contribution >= 4 is 43.0 Å². The van der Waals surface area contributed by atoms with Gasteiger partial charge in [0.2, 0.25) is 0 Å². The van der Waals surface area contributed by atoms with Gasteiger partial charge in [-0.15, -0.1) is 11.3 Å². The number of hydrogen-bond acceptors (Lipinski definition) is 5. The molecule has 1 amide bonds. The number of amides is 1. The van der Waals surface area contributed by atoms with Crippen LogP contribution in [-0.4, -0.2) is 25.1 Å². The van der Waals surface area contributed by atoms with Crippen molar-refractivity contribution in [2.75, 3.05) is 11.1 Å². The molecule has 3 aromatic rings. The molecule has 0 aliphatic carbocycles. The normalized spacial score (nSPS) is 11.6. The third-order valence-electron chi connectivity index (χ3n) is 3.59. The van der Waals surface area contributed by atoms with Crippen LogP contribution in [0.15, 0.2) is 47.4 Å². The van der Waals surface area contributed by atoms with Gasteiger partial charge < -0.3 is 5.32 Å². The number of rotatable bonds is 4. The summed E-state index contributed by atoms with van der Waals surface area (Å²) < 4.78 is 24.9. The number of carbonyl (C=O) groups is 1. The van der Waals surface area contributed by atoms with Crippen LogP contribution in [0.4, 0.5) is 5.69 Å². The van der Waals surface area contributed by atoms with Gasteiger partial charge in [-0.2, -0.15) is 0 Å². The molecule has 0 aliphatic heterocycles. The summed E-state index contributed by atoms with van der Waals surface area (Å²) in [6.45, 7) is 3.51. The lowest BCUT2D eigenvalue weighted by atomic mass is 10.2. The van der Waals surface area contributed by atoms with Crippen LogP contribution in [0, 0.1) is 6.92 Å². The number of aryl methyl sites for hydroxylation is 1. The molecule has 7 heteroatoms. The minimum atomic E-state index is -3.34. The van der Waals surface area contributed by atoms with E-state index in [4.69, 9.17) is 0 Å². The fraction of sp³-hybridized carbons (Fsp3) is 0.176. The maximum atomic E-state index is 12.4. The molecular formula is C17H16N2O3S2. The van der Waals surface area contributed by atoms with E-state index in [-0.39, 0.29) is 16.6 Å². The predicted octanol–water partition coefficient (Wildman–Crippen LogP) is 3.65. The quantitative estimate of drug-likeness (QED) is 0.770. The molecule has 0 saturated carbocycles. The lowest BCUT2D eigenvalue weighted by Gasteiger charge is -2.07. The molecule has 1 heterocycles. The summed E-state index contributed by atoms with van der Waals surface area (Å²) in [7, 11) is -3.34. The zero-order valence-electron chi connectivity index (χ0n) is 13.2. The summed E-state index contributed by atoms with van der Waals surface area (Å²) >= 11 is 1.56. The first-order valence-electron chi connectivity index (χ1n) is 7.40. The van der Waals surface area contributed by atoms with E-state index in [0.29, 0.717) is 11.3 Å². The van der Waals surface area contributed by atoms with E-state index in [1.165, 1.54) is 12.1 Å². The molecule has 24 heavy (non-hydrogen) atoms. The molecule has 0 radical (unpaired) electrons. The Hall–Kier alpha value is -2.25. The van der Waals surface area contributed by atoms with Gasteiger partial charge in [-0.1, -0.05) is 13.0 Å². The largest absolute Gasteiger partial charge is 0.322 e. The van der Waals surface area contributed by atoms with Crippen LogP contribution in [0.1, 0.15) is 22.3 Å². The number of benzene rings is 2. The van der Waals surface area contributed by atoms with Gasteiger partial charge in [0, 0.05) is 11.3 Å². The zero-order chi connectivity index (χ0) is 17.3. The first kappa shape index (κ1) is 16.6. The fourth-order valence-corrected chi connectivity index (χ4v) is 4.11. The highest BCUT2D eigenvalue weighted by Crippen LogP contribution is 2.25. The van der Waals surface area contributed by atoms with Crippen molar-refractivity contribution in [1.29, 1.82) is 0 Å². The van der Waals surface area contributed by atoms with E-state index in [1.54, 1.807) is 36.5 Å². The molecule has 0 aliphatic rings. The first-order chi connectivity index (χ1) is 11.4. The number of carbonyl (C=O) groups excluding carboxylic acids is 1. The van der Waals surface area contributed by atoms with Crippen molar-refractivity contribution in [3.8, 4) is 0 Å². The number of sulfone groups is 1. The third kappa shape index (κ3) is 3.32. The van der Waals surface area contributed by atoms with Crippen molar-refractivity contribution in [1.82, 2.24) is 4.98 Å². The smallest absolute Gasteiger partial charge is 0.255 e. The average molecular weight is 360 g/mol. The molecule has 0 bridgehead atoms. The molecule has 124 valence electrons. The summed E-state index contributed by atoms with van der Waals surface area (Å²) in [6, 6.07) is 11.6. The summed E-state index contributed by atoms with van der Waals surface area (Å²) in [5.74, 6) is -0.344. The topological polar surface area (TPSA) is 76.1 Å². The number of nitrogens with zero attached hydrogens (tertiary/aromatic N) is 1. The van der Waals surface area contributed by atoms with Crippen molar-refractivity contribution in [3.05, 3.63) is 53.0 Å². The van der Waals surface area contributed by atoms with Crippen molar-refractivity contribution in [2.24, 2.45) is 0 Å². The lowest BCUT2D eigenvalue weighted by Crippen LogP contribution is -2.13. The molecule has 0 spiro atoms. The molecule has 5 nitrogen and oxygen atoms in total. The highest BCUT2D eigenvalue weighted by Gasteiger charge is 2.14. The van der Waals surface area contributed by atoms with Gasteiger partial charge in [0.1, 0.15) is 0 Å². The molecule has 3 rings (SSSR count). The second-order valence-electron chi connectivity index (χ2n) is 5.30. The molecular weight excluding hydrogens is 344 g/mol. The lowest BCUT2D eigenvalue weighted by molar-refractivity contribution is 0.102. The van der Waals surface area contributed by atoms with Gasteiger partial charge in [0.15, 0.2) is 9.84 Å². The zero-order valence-corrected chi connectivity index (χ0v) is 14.9. The van der Waals surface area contributed by atoms with Crippen LogP contribution < -0.4 is 5.32 Å². The molecule has 1 aromatic heterocycles. The van der Waals surface area contributed by atoms with E-state index in [0.717, 1.165) is 15.2 Å². The molecule has 0 atom stereocenters. The van der Waals surface area contributed by atoms with Crippen LogP contribution >= 0.6 is 11.3 Å². The number of thiazole rings is 1. The Morgan fingerprint density at radius 2 is 2.00 bits per heavy atom. The van der Waals surface area contributed by atoms with Gasteiger partial charge in [0.05, 0.1) is 25.9 Å². The summed E-state index contributed by atoms with van der Waals surface area (Å²) in [4.78, 5) is 16.9. The van der Waals surface area contributed by atoms with E-state index in [2.05, 4.69) is 10.3 Å². The molecule has 1 N–H and O–H groups in total. The van der Waals surface area contributed by atoms with Crippen molar-refractivity contribution in [3.63, 3.8) is 0 Å². The number of nitrogens with one attached hydrogen (secondary N) is 1. The number of aromatic nitrogens is 1. The molecule has 2 aromatic carbocycles. The van der Waals surface area contributed by atoms with E-state index >= 15 is 0 Å². The highest BCUT2D eigenvalue weighted by molar-refractivity contribution is 7.91. The van der Waals surface area contributed by atoms with Gasteiger partial charge in [-0.05, 0) is 43.3 Å². The number of anilines is 1. The fourth-order valence-electron chi connectivity index (χ4n) is 2.32. The summed E-state index contributed by atoms with van der Waals surface area (Å²) in [5, 5.41) is 3.77. The standard InChI is InChI=1S/C17H16N2O3S2/c1-3-24(21,22)14-6-4-5-12(9-14)17(20)19-13-7-8-15-16(10-13)23-11(2)18-15/h4-10H,3H2,1-2H3,(H,19,20). The van der Waals surface area contributed by atoms with Crippen LogP contribution in [0.25, 0.3) is 10.2 Å². The Morgan fingerprint density at radius 3 is 2.75 bits per heavy atom. The maximum Gasteiger partial charge on any atom is 0.255 e. The number of hydrogen-bond donors (Lipinski definition) is 1. The highest BCUT2D eigenvalue weighted by atomic mass is 32.2. The van der Waals surface area contributed by atoms with Crippen LogP contribution in [0.3, 0.4) is 0 Å². The monoisotopic (exact) mass is 360 g/mol. The van der Waals surface area contributed by atoms with Crippen LogP contribution in [0.2, 0.25) is 0 Å². The second-order valence-corrected chi connectivity index (χ2v) is 8.81. The Balaban J connectivity index is 1.87. The first-order valence-corrected chi connectivity index (χ1v) is 9.87. The number of fused-ring (bicyclic) bond motifs is 1. The minimum Gasteiger partial charge on any atom is -0.322 e. The molecule has 0 saturated heterocycles. The van der Waals surface area contributed by atoms with Gasteiger partial charge in [-0.25, -0.2) is 13.4 Å². The van der Waals surface area contributed by atoms with E-state index in [1.807, 2.05) is 19.1 Å². The minimum absolute atomic E-state index is 0.000527. The average Bonchev–Trinajstić information content (AvgIpc) is 2.94. The Kier molecular flexibility index (Phi) is 4.38. The Bertz CT molecular complexity index is 1020. The summed E-state index contributed by atoms with van der Waals surface area (Å²) in [5.41, 5.74) is 1.86. The van der Waals surface area contributed by atoms with Gasteiger partial charge >= 0.3 is 0 Å². The van der Waals surface area contributed by atoms with Gasteiger partial charge in [0.25, 0.3) is 5.91 Å². The van der Waals surface area contributed by atoms with Gasteiger partial charge in [-0.3, -0.25) is 4.79 Å². The second kappa shape index (κ2) is 6.33. The Morgan fingerprint density at radius 1 is 1.21 bits per heavy atom. The van der Waals surface area contributed by atoms with Crippen LogP contribution in [0.5, 0.6) is 0 Å². The summed E-state index contributed by atoms with van der Waals surface area (Å²) in [6.07, 6.45) is 0.